The molecule has 0 spiro atoms. The summed E-state index contributed by atoms with van der Waals surface area (Å²) in [5.41, 5.74) is 2.28. The zero-order valence-corrected chi connectivity index (χ0v) is 16.9. The maximum absolute atomic E-state index is 12.5. The van der Waals surface area contributed by atoms with Gasteiger partial charge >= 0.3 is 0 Å². The van der Waals surface area contributed by atoms with Gasteiger partial charge in [0.15, 0.2) is 0 Å². The number of aromatic nitrogens is 2. The number of nitrogens with zero attached hydrogens (tertiary/aromatic N) is 2. The minimum Gasteiger partial charge on any atom is -0.310 e. The van der Waals surface area contributed by atoms with Gasteiger partial charge in [0, 0.05) is 17.1 Å². The lowest BCUT2D eigenvalue weighted by Crippen LogP contribution is -2.19. The Morgan fingerprint density at radius 1 is 1.07 bits per heavy atom. The van der Waals surface area contributed by atoms with Crippen molar-refractivity contribution < 1.29 is 4.79 Å². The Kier molecular flexibility index (Phi) is 6.58. The molecule has 0 aliphatic rings. The van der Waals surface area contributed by atoms with E-state index in [1.807, 2.05) is 62.4 Å². The van der Waals surface area contributed by atoms with Gasteiger partial charge in [-0.25, -0.2) is 4.68 Å². The van der Waals surface area contributed by atoms with Gasteiger partial charge < -0.3 is 5.32 Å². The van der Waals surface area contributed by atoms with Gasteiger partial charge in [0.2, 0.25) is 5.91 Å². The molecule has 1 heterocycles. The second-order valence-electron chi connectivity index (χ2n) is 6.46. The molecule has 1 amide bonds. The molecule has 27 heavy (non-hydrogen) atoms. The van der Waals surface area contributed by atoms with E-state index in [2.05, 4.69) is 22.5 Å². The predicted octanol–water partition coefficient (Wildman–Crippen LogP) is 5.58. The van der Waals surface area contributed by atoms with E-state index < -0.39 is 0 Å². The van der Waals surface area contributed by atoms with Crippen LogP contribution in [-0.2, 0) is 4.79 Å². The van der Waals surface area contributed by atoms with Crippen LogP contribution >= 0.6 is 23.4 Å². The molecule has 0 saturated heterocycles. The van der Waals surface area contributed by atoms with Crippen molar-refractivity contribution in [1.82, 2.24) is 9.78 Å². The van der Waals surface area contributed by atoms with Crippen molar-refractivity contribution in [3.8, 4) is 0 Å². The fourth-order valence-corrected chi connectivity index (χ4v) is 4.03. The number of carbonyl (C=O) groups excluding carboxylic acids is 1. The molecule has 1 N–H and O–H groups in total. The van der Waals surface area contributed by atoms with Crippen molar-refractivity contribution >= 4 is 35.1 Å². The van der Waals surface area contributed by atoms with Crippen LogP contribution in [0.4, 0.5) is 5.82 Å². The van der Waals surface area contributed by atoms with E-state index in [4.69, 9.17) is 11.6 Å². The predicted molar refractivity (Wildman–Crippen MR) is 113 cm³/mol. The van der Waals surface area contributed by atoms with E-state index in [9.17, 15) is 4.79 Å². The summed E-state index contributed by atoms with van der Waals surface area (Å²) in [6.45, 7) is 4.06. The molecule has 0 bridgehead atoms. The average molecular weight is 400 g/mol. The number of hydrogen-bond donors (Lipinski definition) is 1. The molecule has 3 aromatic rings. The Hall–Kier alpha value is -2.24. The number of hydrogen-bond acceptors (Lipinski definition) is 3. The maximum atomic E-state index is 12.5. The molecule has 0 fully saturated rings. The summed E-state index contributed by atoms with van der Waals surface area (Å²) in [6, 6.07) is 20.0. The lowest BCUT2D eigenvalue weighted by molar-refractivity contribution is -0.113. The third-order valence-electron chi connectivity index (χ3n) is 4.08. The molecule has 3 rings (SSSR count). The van der Waals surface area contributed by atoms with Crippen LogP contribution in [0.15, 0.2) is 66.9 Å². The van der Waals surface area contributed by atoms with E-state index in [0.717, 1.165) is 16.9 Å². The first-order chi connectivity index (χ1) is 13.0. The topological polar surface area (TPSA) is 46.9 Å². The number of amides is 1. The van der Waals surface area contributed by atoms with E-state index >= 15 is 0 Å². The van der Waals surface area contributed by atoms with Crippen LogP contribution in [0.25, 0.3) is 0 Å². The summed E-state index contributed by atoms with van der Waals surface area (Å²) in [7, 11) is 0. The quantitative estimate of drug-likeness (QED) is 0.564. The smallest absolute Gasteiger partial charge is 0.235 e. The number of benzene rings is 2. The Balaban J connectivity index is 1.72. The second-order valence-corrected chi connectivity index (χ2v) is 7.99. The van der Waals surface area contributed by atoms with E-state index in [-0.39, 0.29) is 17.2 Å². The van der Waals surface area contributed by atoms with Crippen molar-refractivity contribution in [2.24, 2.45) is 0 Å². The van der Waals surface area contributed by atoms with Crippen LogP contribution in [0.2, 0.25) is 5.02 Å². The van der Waals surface area contributed by atoms with Gasteiger partial charge in [-0.2, -0.15) is 5.10 Å². The van der Waals surface area contributed by atoms with Crippen LogP contribution in [0, 0.1) is 0 Å². The Labute approximate surface area is 168 Å². The fraction of sp³-hybridized carbons (Fsp3) is 0.238. The molecule has 1 atom stereocenters. The van der Waals surface area contributed by atoms with Crippen LogP contribution in [0.5, 0.6) is 0 Å². The molecule has 0 radical (unpaired) electrons. The second kappa shape index (κ2) is 9.11. The number of carbonyl (C=O) groups is 1. The highest BCUT2D eigenvalue weighted by molar-refractivity contribution is 8.00. The highest BCUT2D eigenvalue weighted by atomic mass is 35.5. The standard InChI is InChI=1S/C21H22ClN3OS/c1-15(2)25-19(12-13-23-25)24-20(26)14-27-21(16-6-4-3-5-7-16)17-8-10-18(22)11-9-17/h3-13,15,21H,14H2,1-2H3,(H,24,26). The largest absolute Gasteiger partial charge is 0.310 e. The summed E-state index contributed by atoms with van der Waals surface area (Å²) >= 11 is 7.62. The fourth-order valence-electron chi connectivity index (χ4n) is 2.81. The molecular weight excluding hydrogens is 378 g/mol. The van der Waals surface area contributed by atoms with Crippen molar-refractivity contribution in [3.63, 3.8) is 0 Å². The Morgan fingerprint density at radius 2 is 1.74 bits per heavy atom. The SMILES string of the molecule is CC(C)n1nccc1NC(=O)CSC(c1ccccc1)c1ccc(Cl)cc1. The first kappa shape index (κ1) is 19.5. The van der Waals surface area contributed by atoms with Crippen molar-refractivity contribution in [2.45, 2.75) is 25.1 Å². The van der Waals surface area contributed by atoms with Crippen LogP contribution in [0.3, 0.4) is 0 Å². The lowest BCUT2D eigenvalue weighted by atomic mass is 10.0. The van der Waals surface area contributed by atoms with E-state index in [1.54, 1.807) is 22.6 Å². The maximum Gasteiger partial charge on any atom is 0.235 e. The Bertz CT molecular complexity index is 878. The minimum atomic E-state index is -0.0442. The molecule has 6 heteroatoms. The van der Waals surface area contributed by atoms with Crippen molar-refractivity contribution in [3.05, 3.63) is 83.0 Å². The van der Waals surface area contributed by atoms with E-state index in [0.29, 0.717) is 10.8 Å². The average Bonchev–Trinajstić information content (AvgIpc) is 3.12. The molecule has 0 aliphatic carbocycles. The number of anilines is 1. The van der Waals surface area contributed by atoms with Crippen LogP contribution in [-0.4, -0.2) is 21.4 Å². The first-order valence-corrected chi connectivity index (χ1v) is 10.2. The van der Waals surface area contributed by atoms with Gasteiger partial charge in [-0.15, -0.1) is 11.8 Å². The summed E-state index contributed by atoms with van der Waals surface area (Å²) in [5, 5.41) is 7.97. The van der Waals surface area contributed by atoms with Crippen LogP contribution < -0.4 is 5.32 Å². The van der Waals surface area contributed by atoms with Crippen molar-refractivity contribution in [1.29, 1.82) is 0 Å². The number of nitrogens with one attached hydrogen (secondary N) is 1. The zero-order chi connectivity index (χ0) is 19.2. The number of rotatable bonds is 7. The van der Waals surface area contributed by atoms with Crippen molar-refractivity contribution in [2.75, 3.05) is 11.1 Å². The summed E-state index contributed by atoms with van der Waals surface area (Å²) in [6.07, 6.45) is 1.70. The summed E-state index contributed by atoms with van der Waals surface area (Å²) < 4.78 is 1.80. The van der Waals surface area contributed by atoms with E-state index in [1.165, 1.54) is 0 Å². The molecule has 140 valence electrons. The zero-order valence-electron chi connectivity index (χ0n) is 15.3. The minimum absolute atomic E-state index is 0.0442. The molecule has 1 aromatic heterocycles. The van der Waals surface area contributed by atoms with Crippen LogP contribution in [0.1, 0.15) is 36.3 Å². The molecule has 2 aromatic carbocycles. The molecule has 0 aliphatic heterocycles. The molecular formula is C21H22ClN3OS. The highest BCUT2D eigenvalue weighted by Crippen LogP contribution is 2.36. The van der Waals surface area contributed by atoms with Gasteiger partial charge in [0.25, 0.3) is 0 Å². The monoisotopic (exact) mass is 399 g/mol. The summed E-state index contributed by atoms with van der Waals surface area (Å²) in [4.78, 5) is 12.5. The summed E-state index contributed by atoms with van der Waals surface area (Å²) in [5.74, 6) is 1.02. The lowest BCUT2D eigenvalue weighted by Gasteiger charge is -2.18. The molecule has 4 nitrogen and oxygen atoms in total. The highest BCUT2D eigenvalue weighted by Gasteiger charge is 2.17. The third-order valence-corrected chi connectivity index (χ3v) is 5.64. The Morgan fingerprint density at radius 3 is 2.41 bits per heavy atom. The molecule has 1 unspecified atom stereocenters. The third kappa shape index (κ3) is 5.15. The van der Waals surface area contributed by atoms with Gasteiger partial charge in [0.1, 0.15) is 5.82 Å². The first-order valence-electron chi connectivity index (χ1n) is 8.80. The normalized spacial score (nSPS) is 12.1. The number of thioether (sulfide) groups is 1. The van der Waals surface area contributed by atoms with Gasteiger partial charge in [0.05, 0.1) is 17.2 Å². The van der Waals surface area contributed by atoms with Gasteiger partial charge in [-0.3, -0.25) is 4.79 Å². The van der Waals surface area contributed by atoms with Gasteiger partial charge in [-0.05, 0) is 37.1 Å². The van der Waals surface area contributed by atoms with Gasteiger partial charge in [-0.1, -0.05) is 54.1 Å². The molecule has 0 saturated carbocycles. The number of halogens is 1.